The minimum atomic E-state index is -0.345. The van der Waals surface area contributed by atoms with Crippen LogP contribution in [0, 0.1) is 5.82 Å². The van der Waals surface area contributed by atoms with Crippen molar-refractivity contribution >= 4 is 29.9 Å². The highest BCUT2D eigenvalue weighted by Gasteiger charge is 2.12. The number of rotatable bonds is 5. The molecular weight excluding hydrogens is 446 g/mol. The minimum absolute atomic E-state index is 0. The second-order valence-corrected chi connectivity index (χ2v) is 5.74. The summed E-state index contributed by atoms with van der Waals surface area (Å²) in [7, 11) is 1.74. The lowest BCUT2D eigenvalue weighted by atomic mass is 10.2. The molecular formula is C19H22FIN4O. The lowest BCUT2D eigenvalue weighted by Crippen LogP contribution is -2.42. The van der Waals surface area contributed by atoms with Crippen molar-refractivity contribution in [3.63, 3.8) is 0 Å². The van der Waals surface area contributed by atoms with Gasteiger partial charge in [0.15, 0.2) is 5.96 Å². The van der Waals surface area contributed by atoms with Gasteiger partial charge >= 0.3 is 0 Å². The number of ether oxygens (including phenoxy) is 1. The fourth-order valence-electron chi connectivity index (χ4n) is 2.59. The van der Waals surface area contributed by atoms with Gasteiger partial charge in [-0.25, -0.2) is 9.37 Å². The zero-order chi connectivity index (χ0) is 17.5. The highest BCUT2D eigenvalue weighted by atomic mass is 127. The normalized spacial score (nSPS) is 14.0. The number of nitrogens with one attached hydrogen (secondary N) is 2. The smallest absolute Gasteiger partial charge is 0.224 e. The van der Waals surface area contributed by atoms with Crippen LogP contribution in [0.25, 0.3) is 0 Å². The van der Waals surface area contributed by atoms with Crippen LogP contribution in [0.5, 0.6) is 11.6 Å². The van der Waals surface area contributed by atoms with Gasteiger partial charge in [0.05, 0.1) is 0 Å². The Morgan fingerprint density at radius 1 is 1.27 bits per heavy atom. The van der Waals surface area contributed by atoms with E-state index in [1.54, 1.807) is 25.4 Å². The monoisotopic (exact) mass is 468 g/mol. The Labute approximate surface area is 169 Å². The van der Waals surface area contributed by atoms with Gasteiger partial charge in [-0.3, -0.25) is 4.99 Å². The van der Waals surface area contributed by atoms with Gasteiger partial charge in [-0.05, 0) is 31.0 Å². The third kappa shape index (κ3) is 5.69. The second kappa shape index (κ2) is 10.1. The molecule has 0 bridgehead atoms. The van der Waals surface area contributed by atoms with E-state index < -0.39 is 0 Å². The minimum Gasteiger partial charge on any atom is -0.439 e. The SMILES string of the molecule is CN=C(NCc1cccnc1Oc1cccc(F)c1)NC1CC=CC1.I. The first-order valence-corrected chi connectivity index (χ1v) is 8.24. The van der Waals surface area contributed by atoms with Crippen LogP contribution in [0.4, 0.5) is 4.39 Å². The molecule has 0 atom stereocenters. The molecule has 7 heteroatoms. The highest BCUT2D eigenvalue weighted by Crippen LogP contribution is 2.23. The summed E-state index contributed by atoms with van der Waals surface area (Å²) in [5.41, 5.74) is 0.860. The van der Waals surface area contributed by atoms with Gasteiger partial charge in [-0.2, -0.15) is 0 Å². The van der Waals surface area contributed by atoms with Gasteiger partial charge in [0.1, 0.15) is 11.6 Å². The number of guanidine groups is 1. The van der Waals surface area contributed by atoms with Gasteiger partial charge in [-0.15, -0.1) is 24.0 Å². The molecule has 26 heavy (non-hydrogen) atoms. The molecule has 0 fully saturated rings. The van der Waals surface area contributed by atoms with Crippen LogP contribution >= 0.6 is 24.0 Å². The fourth-order valence-corrected chi connectivity index (χ4v) is 2.59. The molecule has 138 valence electrons. The average Bonchev–Trinajstić information content (AvgIpc) is 3.13. The third-order valence-corrected chi connectivity index (χ3v) is 3.88. The van der Waals surface area contributed by atoms with Gasteiger partial charge in [-0.1, -0.05) is 24.3 Å². The summed E-state index contributed by atoms with van der Waals surface area (Å²) >= 11 is 0. The maximum absolute atomic E-state index is 13.3. The molecule has 0 unspecified atom stereocenters. The first kappa shape index (κ1) is 20.2. The second-order valence-electron chi connectivity index (χ2n) is 5.74. The number of halogens is 2. The van der Waals surface area contributed by atoms with E-state index in [9.17, 15) is 4.39 Å². The number of hydrogen-bond donors (Lipinski definition) is 2. The molecule has 5 nitrogen and oxygen atoms in total. The predicted octanol–water partition coefficient (Wildman–Crippen LogP) is 4.01. The number of aromatic nitrogens is 1. The summed E-state index contributed by atoms with van der Waals surface area (Å²) < 4.78 is 19.1. The third-order valence-electron chi connectivity index (χ3n) is 3.88. The van der Waals surface area contributed by atoms with Crippen molar-refractivity contribution in [3.05, 3.63) is 66.1 Å². The van der Waals surface area contributed by atoms with Crippen molar-refractivity contribution in [2.75, 3.05) is 7.05 Å². The van der Waals surface area contributed by atoms with Gasteiger partial charge in [0.2, 0.25) is 5.88 Å². The Morgan fingerprint density at radius 3 is 2.81 bits per heavy atom. The number of hydrogen-bond acceptors (Lipinski definition) is 3. The van der Waals surface area contributed by atoms with Crippen molar-refractivity contribution in [1.29, 1.82) is 0 Å². The van der Waals surface area contributed by atoms with Crippen molar-refractivity contribution in [1.82, 2.24) is 15.6 Å². The molecule has 0 saturated carbocycles. The zero-order valence-corrected chi connectivity index (χ0v) is 16.8. The Morgan fingerprint density at radius 2 is 2.08 bits per heavy atom. The quantitative estimate of drug-likeness (QED) is 0.302. The first-order chi connectivity index (χ1) is 12.2. The van der Waals surface area contributed by atoms with Crippen LogP contribution in [0.2, 0.25) is 0 Å². The van der Waals surface area contributed by atoms with Crippen LogP contribution < -0.4 is 15.4 Å². The van der Waals surface area contributed by atoms with E-state index >= 15 is 0 Å². The van der Waals surface area contributed by atoms with Gasteiger partial charge < -0.3 is 15.4 Å². The Balaban J connectivity index is 0.00000243. The maximum atomic E-state index is 13.3. The predicted molar refractivity (Wildman–Crippen MR) is 112 cm³/mol. The molecule has 0 saturated heterocycles. The fraction of sp³-hybridized carbons (Fsp3) is 0.263. The maximum Gasteiger partial charge on any atom is 0.224 e. The van der Waals surface area contributed by atoms with E-state index in [0.717, 1.165) is 24.4 Å². The standard InChI is InChI=1S/C19H21FN4O.HI/c1-21-19(24-16-8-2-3-9-16)23-13-14-6-5-11-22-18(14)25-17-10-4-7-15(20)12-17;/h2-7,10-12,16H,8-9,13H2,1H3,(H2,21,23,24);1H. The van der Waals surface area contributed by atoms with E-state index in [2.05, 4.69) is 32.8 Å². The van der Waals surface area contributed by atoms with E-state index in [-0.39, 0.29) is 29.8 Å². The molecule has 2 N–H and O–H groups in total. The zero-order valence-electron chi connectivity index (χ0n) is 14.5. The molecule has 1 heterocycles. The molecule has 2 aromatic rings. The van der Waals surface area contributed by atoms with Crippen molar-refractivity contribution in [3.8, 4) is 11.6 Å². The lowest BCUT2D eigenvalue weighted by molar-refractivity contribution is 0.450. The number of benzene rings is 1. The van der Waals surface area contributed by atoms with Crippen molar-refractivity contribution in [2.24, 2.45) is 4.99 Å². The van der Waals surface area contributed by atoms with Crippen LogP contribution in [0.15, 0.2) is 59.7 Å². The molecule has 0 aliphatic heterocycles. The Hall–Kier alpha value is -2.16. The van der Waals surface area contributed by atoms with E-state index in [4.69, 9.17) is 4.74 Å². The van der Waals surface area contributed by atoms with Crippen molar-refractivity contribution < 1.29 is 9.13 Å². The summed E-state index contributed by atoms with van der Waals surface area (Å²) in [6.45, 7) is 0.498. The molecule has 0 radical (unpaired) electrons. The topological polar surface area (TPSA) is 58.5 Å². The van der Waals surface area contributed by atoms with Gasteiger partial charge in [0.25, 0.3) is 0 Å². The largest absolute Gasteiger partial charge is 0.439 e. The summed E-state index contributed by atoms with van der Waals surface area (Å²) in [6.07, 6.45) is 7.98. The number of nitrogens with zero attached hydrogens (tertiary/aromatic N) is 2. The van der Waals surface area contributed by atoms with Crippen LogP contribution in [-0.2, 0) is 6.54 Å². The molecule has 3 rings (SSSR count). The number of pyridine rings is 1. The molecule has 1 aromatic heterocycles. The Kier molecular flexibility index (Phi) is 7.83. The Bertz CT molecular complexity index is 774. The van der Waals surface area contributed by atoms with Crippen LogP contribution in [0.3, 0.4) is 0 Å². The average molecular weight is 468 g/mol. The van der Waals surface area contributed by atoms with E-state index in [1.807, 2.05) is 12.1 Å². The molecule has 1 aliphatic rings. The van der Waals surface area contributed by atoms with Crippen LogP contribution in [0.1, 0.15) is 18.4 Å². The summed E-state index contributed by atoms with van der Waals surface area (Å²) in [4.78, 5) is 8.50. The highest BCUT2D eigenvalue weighted by molar-refractivity contribution is 14.0. The molecule has 0 amide bonds. The molecule has 1 aromatic carbocycles. The molecule has 0 spiro atoms. The lowest BCUT2D eigenvalue weighted by Gasteiger charge is -2.17. The van der Waals surface area contributed by atoms with Crippen LogP contribution in [-0.4, -0.2) is 24.0 Å². The van der Waals surface area contributed by atoms with Gasteiger partial charge in [0, 0.05) is 37.5 Å². The summed E-state index contributed by atoms with van der Waals surface area (Å²) in [5, 5.41) is 6.65. The summed E-state index contributed by atoms with van der Waals surface area (Å²) in [5.74, 6) is 1.25. The van der Waals surface area contributed by atoms with Crippen molar-refractivity contribution in [2.45, 2.75) is 25.4 Å². The van der Waals surface area contributed by atoms with E-state index in [0.29, 0.717) is 24.2 Å². The number of aliphatic imine (C=N–C) groups is 1. The molecule has 1 aliphatic carbocycles. The first-order valence-electron chi connectivity index (χ1n) is 8.24. The van der Waals surface area contributed by atoms with E-state index in [1.165, 1.54) is 12.1 Å². The summed E-state index contributed by atoms with van der Waals surface area (Å²) in [6, 6.07) is 10.1.